The van der Waals surface area contributed by atoms with Crippen LogP contribution >= 0.6 is 0 Å². The number of carbonyl (C=O) groups is 4. The van der Waals surface area contributed by atoms with E-state index in [0.717, 1.165) is 0 Å². The maximum atomic E-state index is 13.5. The van der Waals surface area contributed by atoms with E-state index in [2.05, 4.69) is 5.32 Å². The van der Waals surface area contributed by atoms with Crippen LogP contribution in [0.1, 0.15) is 37.0 Å². The molecular weight excluding hydrogens is 432 g/mol. The van der Waals surface area contributed by atoms with E-state index in [4.69, 9.17) is 5.73 Å². The van der Waals surface area contributed by atoms with Gasteiger partial charge < -0.3 is 31.5 Å². The molecule has 33 heavy (non-hydrogen) atoms. The number of hydrogen-bond acceptors (Lipinski definition) is 8. The standard InChI is InChI=1S/C23H24N2O8/c1-8-13-6-12-5-10-3-4-11(7-25-9(2)26)18(28)14(10)19(29)15(12)20(30)23(13,33)21(31)16(17(8)27)22(24)32/h3-4,8,12-13,28-29,31,33H,5-7H2,1-2H3,(H2,24,32)(H,25,26)/t8-,12?,13?,23-/m0/s1. The van der Waals surface area contributed by atoms with Gasteiger partial charge in [0.15, 0.2) is 11.4 Å². The molecule has 1 aromatic carbocycles. The molecule has 0 saturated heterocycles. The lowest BCUT2D eigenvalue weighted by Gasteiger charge is -2.48. The van der Waals surface area contributed by atoms with Crippen molar-refractivity contribution in [3.05, 3.63) is 45.7 Å². The van der Waals surface area contributed by atoms with Crippen LogP contribution < -0.4 is 11.1 Å². The van der Waals surface area contributed by atoms with Gasteiger partial charge in [-0.15, -0.1) is 0 Å². The van der Waals surface area contributed by atoms with Gasteiger partial charge in [0.1, 0.15) is 22.8 Å². The highest BCUT2D eigenvalue weighted by Gasteiger charge is 2.62. The van der Waals surface area contributed by atoms with Crippen LogP contribution in [0, 0.1) is 17.8 Å². The fourth-order valence-electron chi connectivity index (χ4n) is 5.32. The lowest BCUT2D eigenvalue weighted by Crippen LogP contribution is -2.60. The van der Waals surface area contributed by atoms with Gasteiger partial charge in [0.25, 0.3) is 5.91 Å². The Kier molecular flexibility index (Phi) is 5.08. The predicted octanol–water partition coefficient (Wildman–Crippen LogP) is 0.306. The number of hydrogen-bond donors (Lipinski definition) is 6. The quantitative estimate of drug-likeness (QED) is 0.350. The molecule has 0 spiro atoms. The number of phenolic OH excluding ortho intramolecular Hbond substituents is 1. The fourth-order valence-corrected chi connectivity index (χ4v) is 5.32. The molecule has 174 valence electrons. The van der Waals surface area contributed by atoms with Crippen LogP contribution in [0.4, 0.5) is 0 Å². The second-order valence-corrected chi connectivity index (χ2v) is 8.86. The first-order valence-electron chi connectivity index (χ1n) is 10.5. The Morgan fingerprint density at radius 1 is 1.21 bits per heavy atom. The highest BCUT2D eigenvalue weighted by molar-refractivity contribution is 6.23. The van der Waals surface area contributed by atoms with E-state index in [9.17, 15) is 39.6 Å². The van der Waals surface area contributed by atoms with Crippen molar-refractivity contribution in [1.82, 2.24) is 5.32 Å². The Labute approximate surface area is 188 Å². The zero-order chi connectivity index (χ0) is 24.4. The van der Waals surface area contributed by atoms with Crippen LogP contribution in [0.15, 0.2) is 29.0 Å². The number of nitrogens with one attached hydrogen (secondary N) is 1. The number of aliphatic hydroxyl groups is 3. The van der Waals surface area contributed by atoms with E-state index < -0.39 is 57.9 Å². The maximum absolute atomic E-state index is 13.5. The van der Waals surface area contributed by atoms with Crippen molar-refractivity contribution in [2.75, 3.05) is 0 Å². The number of rotatable bonds is 3. The smallest absolute Gasteiger partial charge is 0.255 e. The molecule has 10 nitrogen and oxygen atoms in total. The Balaban J connectivity index is 1.88. The summed E-state index contributed by atoms with van der Waals surface area (Å²) in [5.41, 5.74) is 2.44. The molecule has 3 aliphatic rings. The minimum atomic E-state index is -2.61. The van der Waals surface area contributed by atoms with E-state index in [0.29, 0.717) is 11.1 Å². The van der Waals surface area contributed by atoms with Gasteiger partial charge in [-0.25, -0.2) is 0 Å². The molecule has 2 unspecified atom stereocenters. The largest absolute Gasteiger partial charge is 0.508 e. The number of aromatic hydroxyl groups is 1. The molecule has 0 bridgehead atoms. The van der Waals surface area contributed by atoms with Crippen molar-refractivity contribution >= 4 is 29.1 Å². The molecule has 0 heterocycles. The highest BCUT2D eigenvalue weighted by Crippen LogP contribution is 2.53. The Hall–Kier alpha value is -3.66. The Morgan fingerprint density at radius 3 is 2.48 bits per heavy atom. The number of ketones is 2. The lowest BCUT2D eigenvalue weighted by atomic mass is 9.56. The van der Waals surface area contributed by atoms with Crippen molar-refractivity contribution in [2.45, 2.75) is 38.8 Å². The zero-order valence-electron chi connectivity index (χ0n) is 18.0. The number of Topliss-reactive ketones (excluding diaryl/α,β-unsaturated/α-hetero) is 2. The van der Waals surface area contributed by atoms with Crippen molar-refractivity contribution in [1.29, 1.82) is 0 Å². The number of amides is 2. The summed E-state index contributed by atoms with van der Waals surface area (Å²) in [6.07, 6.45) is 0.299. The molecule has 3 aliphatic carbocycles. The molecule has 1 saturated carbocycles. The van der Waals surface area contributed by atoms with Crippen LogP contribution in [0.5, 0.6) is 5.75 Å². The van der Waals surface area contributed by atoms with Gasteiger partial charge in [-0.2, -0.15) is 0 Å². The van der Waals surface area contributed by atoms with Crippen LogP contribution in [-0.4, -0.2) is 49.4 Å². The first kappa shape index (κ1) is 22.5. The van der Waals surface area contributed by atoms with E-state index in [-0.39, 0.29) is 42.2 Å². The summed E-state index contributed by atoms with van der Waals surface area (Å²) in [4.78, 5) is 49.2. The van der Waals surface area contributed by atoms with Crippen molar-refractivity contribution in [3.63, 3.8) is 0 Å². The molecule has 4 atom stereocenters. The zero-order valence-corrected chi connectivity index (χ0v) is 18.0. The molecule has 4 rings (SSSR count). The lowest BCUT2D eigenvalue weighted by molar-refractivity contribution is -0.152. The molecule has 0 aromatic heterocycles. The van der Waals surface area contributed by atoms with Gasteiger partial charge >= 0.3 is 0 Å². The van der Waals surface area contributed by atoms with Gasteiger partial charge in [-0.1, -0.05) is 19.1 Å². The van der Waals surface area contributed by atoms with Crippen LogP contribution in [0.3, 0.4) is 0 Å². The second kappa shape index (κ2) is 7.45. The van der Waals surface area contributed by atoms with Crippen LogP contribution in [-0.2, 0) is 32.1 Å². The topological polar surface area (TPSA) is 187 Å². The summed E-state index contributed by atoms with van der Waals surface area (Å²) >= 11 is 0. The average molecular weight is 456 g/mol. The van der Waals surface area contributed by atoms with Crippen molar-refractivity contribution < 1.29 is 39.6 Å². The van der Waals surface area contributed by atoms with Gasteiger partial charge in [-0.05, 0) is 24.3 Å². The van der Waals surface area contributed by atoms with Crippen molar-refractivity contribution in [2.24, 2.45) is 23.5 Å². The number of fused-ring (bicyclic) bond motifs is 3. The summed E-state index contributed by atoms with van der Waals surface area (Å²) < 4.78 is 0. The van der Waals surface area contributed by atoms with Crippen LogP contribution in [0.25, 0.3) is 5.76 Å². The molecule has 1 fully saturated rings. The molecule has 1 aromatic rings. The van der Waals surface area contributed by atoms with E-state index in [1.165, 1.54) is 13.8 Å². The number of primary amides is 1. The maximum Gasteiger partial charge on any atom is 0.255 e. The fraction of sp³-hybridized carbons (Fsp3) is 0.391. The van der Waals surface area contributed by atoms with E-state index in [1.54, 1.807) is 12.1 Å². The average Bonchev–Trinajstić information content (AvgIpc) is 2.73. The number of nitrogens with two attached hydrogens (primary N) is 1. The number of aliphatic hydroxyl groups excluding tert-OH is 2. The summed E-state index contributed by atoms with van der Waals surface area (Å²) in [5.74, 6) is -7.97. The third-order valence-corrected chi connectivity index (χ3v) is 7.02. The predicted molar refractivity (Wildman–Crippen MR) is 113 cm³/mol. The van der Waals surface area contributed by atoms with Gasteiger partial charge in [0.05, 0.1) is 5.56 Å². The van der Waals surface area contributed by atoms with Gasteiger partial charge in [0.2, 0.25) is 11.7 Å². The normalized spacial score (nSPS) is 28.8. The monoisotopic (exact) mass is 456 g/mol. The second-order valence-electron chi connectivity index (χ2n) is 8.86. The SMILES string of the molecule is CC(=O)NCc1ccc2c(c1O)C(O)=C1C(=O)[C@]3(O)C(O)=C(C(N)=O)C(=O)[C@@H](C)C3CC1C2. The van der Waals surface area contributed by atoms with Gasteiger partial charge in [-0.3, -0.25) is 19.2 Å². The third-order valence-electron chi connectivity index (χ3n) is 7.02. The molecule has 0 radical (unpaired) electrons. The minimum Gasteiger partial charge on any atom is -0.508 e. The van der Waals surface area contributed by atoms with Crippen molar-refractivity contribution in [3.8, 4) is 5.75 Å². The molecule has 10 heteroatoms. The molecule has 0 aliphatic heterocycles. The number of carbonyl (C=O) groups excluding carboxylic acids is 4. The van der Waals surface area contributed by atoms with Crippen LogP contribution in [0.2, 0.25) is 0 Å². The Morgan fingerprint density at radius 2 is 1.88 bits per heavy atom. The van der Waals surface area contributed by atoms with E-state index in [1.807, 2.05) is 0 Å². The Bertz CT molecular complexity index is 1200. The first-order chi connectivity index (χ1) is 15.4. The summed E-state index contributed by atoms with van der Waals surface area (Å²) in [6.45, 7) is 2.76. The summed E-state index contributed by atoms with van der Waals surface area (Å²) in [5, 5.41) is 46.3. The third kappa shape index (κ3) is 3.05. The minimum absolute atomic E-state index is 0.00182. The highest BCUT2D eigenvalue weighted by atomic mass is 16.3. The molecule has 2 amide bonds. The molecule has 7 N–H and O–H groups in total. The summed E-state index contributed by atoms with van der Waals surface area (Å²) in [6, 6.07) is 3.27. The van der Waals surface area contributed by atoms with E-state index >= 15 is 0 Å². The number of phenols is 1. The number of benzene rings is 1. The first-order valence-corrected chi connectivity index (χ1v) is 10.5. The molecular formula is C23H24N2O8. The summed E-state index contributed by atoms with van der Waals surface area (Å²) in [7, 11) is 0. The van der Waals surface area contributed by atoms with Gasteiger partial charge in [0, 0.05) is 36.4 Å².